The fourth-order valence-corrected chi connectivity index (χ4v) is 6.03. The third-order valence-electron chi connectivity index (χ3n) is 6.85. The number of hydrogen-bond acceptors (Lipinski definition) is 7. The maximum Gasteiger partial charge on any atom is 0.490 e. The molecule has 8 nitrogen and oxygen atoms in total. The molecule has 4 heterocycles. The highest BCUT2D eigenvalue weighted by molar-refractivity contribution is 7.22. The Kier molecular flexibility index (Phi) is 5.57. The van der Waals surface area contributed by atoms with Crippen LogP contribution in [0.2, 0.25) is 0 Å². The van der Waals surface area contributed by atoms with Crippen LogP contribution in [-0.2, 0) is 16.1 Å². The van der Waals surface area contributed by atoms with Crippen LogP contribution in [-0.4, -0.2) is 57.9 Å². The third-order valence-corrected chi connectivity index (χ3v) is 7.74. The van der Waals surface area contributed by atoms with Gasteiger partial charge in [0, 0.05) is 42.3 Å². The van der Waals surface area contributed by atoms with Gasteiger partial charge in [0.2, 0.25) is 0 Å². The summed E-state index contributed by atoms with van der Waals surface area (Å²) >= 11 is 0.939. The summed E-state index contributed by atoms with van der Waals surface area (Å²) < 4.78 is 75.3. The summed E-state index contributed by atoms with van der Waals surface area (Å²) in [5.41, 5.74) is 6.86. The first-order valence-corrected chi connectivity index (χ1v) is 12.3. The molecule has 0 radical (unpaired) electrons. The van der Waals surface area contributed by atoms with Gasteiger partial charge in [-0.1, -0.05) is 11.3 Å². The number of nitrogen functional groups attached to an aromatic ring is 1. The van der Waals surface area contributed by atoms with E-state index in [1.165, 1.54) is 17.0 Å². The molecule has 2 aromatic carbocycles. The summed E-state index contributed by atoms with van der Waals surface area (Å²) in [6, 6.07) is 4.39. The number of hydrogen-bond donors (Lipinski definition) is 2. The molecule has 0 bridgehead atoms. The number of amides is 1. The topological polar surface area (TPSA) is 102 Å². The number of nitrogens with one attached hydrogen (secondary N) is 1. The van der Waals surface area contributed by atoms with Crippen LogP contribution in [0.5, 0.6) is 0 Å². The maximum atomic E-state index is 15.8. The Labute approximate surface area is 214 Å². The number of aryl methyl sites for hydroxylation is 1. The first-order chi connectivity index (χ1) is 18.0. The van der Waals surface area contributed by atoms with Gasteiger partial charge in [0.15, 0.2) is 11.4 Å². The van der Waals surface area contributed by atoms with Crippen LogP contribution in [0.1, 0.15) is 16.8 Å². The SMILES string of the molecule is Nc1nc2c(-c3c(F)cc4c5c3ccn5CC[C@@H]3C(OC(=O)C(F)(F)F)NCCN3C4=O)ccc(F)c2s1. The van der Waals surface area contributed by atoms with Gasteiger partial charge in [-0.05, 0) is 30.7 Å². The molecule has 2 aliphatic rings. The zero-order chi connectivity index (χ0) is 26.9. The van der Waals surface area contributed by atoms with Crippen molar-refractivity contribution < 1.29 is 36.3 Å². The minimum absolute atomic E-state index is 0.00916. The van der Waals surface area contributed by atoms with E-state index >= 15 is 4.39 Å². The van der Waals surface area contributed by atoms with Gasteiger partial charge in [-0.25, -0.2) is 18.6 Å². The van der Waals surface area contributed by atoms with E-state index < -0.39 is 42.0 Å². The van der Waals surface area contributed by atoms with E-state index in [0.29, 0.717) is 16.5 Å². The molecule has 1 saturated heterocycles. The second kappa shape index (κ2) is 8.63. The summed E-state index contributed by atoms with van der Waals surface area (Å²) in [4.78, 5) is 30.7. The van der Waals surface area contributed by atoms with E-state index in [4.69, 9.17) is 5.73 Å². The minimum Gasteiger partial charge on any atom is -0.438 e. The van der Waals surface area contributed by atoms with Crippen LogP contribution < -0.4 is 11.1 Å². The molecule has 2 aliphatic heterocycles. The number of thiazole rings is 1. The van der Waals surface area contributed by atoms with Gasteiger partial charge in [0.1, 0.15) is 11.6 Å². The average molecular weight is 551 g/mol. The molecule has 0 aliphatic carbocycles. The quantitative estimate of drug-likeness (QED) is 0.288. The normalized spacial score (nSPS) is 19.9. The molecule has 198 valence electrons. The number of carbonyl (C=O) groups excluding carboxylic acids is 2. The molecule has 3 N–H and O–H groups in total. The van der Waals surface area contributed by atoms with Crippen molar-refractivity contribution in [3.05, 3.63) is 47.7 Å². The fraction of sp³-hybridized carbons (Fsp3) is 0.292. The molecule has 38 heavy (non-hydrogen) atoms. The molecule has 2 atom stereocenters. The molecular weight excluding hydrogens is 533 g/mol. The molecule has 14 heteroatoms. The van der Waals surface area contributed by atoms with Crippen LogP contribution in [0.15, 0.2) is 30.5 Å². The number of ether oxygens (including phenoxy) is 1. The number of nitrogens with zero attached hydrogens (tertiary/aromatic N) is 3. The average Bonchev–Trinajstić information content (AvgIpc) is 3.45. The fourth-order valence-electron chi connectivity index (χ4n) is 5.27. The summed E-state index contributed by atoms with van der Waals surface area (Å²) in [5, 5.41) is 3.24. The van der Waals surface area contributed by atoms with Gasteiger partial charge in [0.25, 0.3) is 5.91 Å². The van der Waals surface area contributed by atoms with E-state index in [-0.39, 0.29) is 52.5 Å². The predicted molar refractivity (Wildman–Crippen MR) is 128 cm³/mol. The summed E-state index contributed by atoms with van der Waals surface area (Å²) in [6.45, 7) is 0.424. The van der Waals surface area contributed by atoms with E-state index in [2.05, 4.69) is 15.0 Å². The van der Waals surface area contributed by atoms with Gasteiger partial charge < -0.3 is 19.9 Å². The zero-order valence-electron chi connectivity index (χ0n) is 19.3. The molecule has 1 amide bonds. The number of benzene rings is 2. The van der Waals surface area contributed by atoms with E-state index in [9.17, 15) is 27.2 Å². The lowest BCUT2D eigenvalue weighted by molar-refractivity contribution is -0.210. The van der Waals surface area contributed by atoms with Gasteiger partial charge in [-0.15, -0.1) is 0 Å². The Morgan fingerprint density at radius 2 is 1.95 bits per heavy atom. The van der Waals surface area contributed by atoms with E-state index in [1.54, 1.807) is 16.8 Å². The Hall–Kier alpha value is -3.78. The van der Waals surface area contributed by atoms with Crippen molar-refractivity contribution in [3.8, 4) is 11.1 Å². The van der Waals surface area contributed by atoms with Crippen LogP contribution >= 0.6 is 11.3 Å². The molecule has 1 unspecified atom stereocenters. The number of fused-ring (bicyclic) bond motifs is 2. The Morgan fingerprint density at radius 3 is 2.71 bits per heavy atom. The maximum absolute atomic E-state index is 15.8. The van der Waals surface area contributed by atoms with Gasteiger partial charge in [-0.2, -0.15) is 13.2 Å². The lowest BCUT2D eigenvalue weighted by Crippen LogP contribution is -2.62. The van der Waals surface area contributed by atoms with Crippen molar-refractivity contribution in [2.45, 2.75) is 31.4 Å². The van der Waals surface area contributed by atoms with E-state index in [0.717, 1.165) is 17.4 Å². The molecule has 6 rings (SSSR count). The number of halogens is 5. The number of anilines is 1. The largest absolute Gasteiger partial charge is 0.490 e. The van der Waals surface area contributed by atoms with E-state index in [1.807, 2.05) is 0 Å². The summed E-state index contributed by atoms with van der Waals surface area (Å²) in [7, 11) is 0. The molecule has 1 fully saturated rings. The second-order valence-corrected chi connectivity index (χ2v) is 10.0. The zero-order valence-corrected chi connectivity index (χ0v) is 20.1. The predicted octanol–water partition coefficient (Wildman–Crippen LogP) is 4.03. The minimum atomic E-state index is -5.19. The molecule has 2 aromatic heterocycles. The van der Waals surface area contributed by atoms with Crippen LogP contribution in [0, 0.1) is 11.6 Å². The van der Waals surface area contributed by atoms with Gasteiger partial charge in [-0.3, -0.25) is 10.1 Å². The van der Waals surface area contributed by atoms with Crippen molar-refractivity contribution in [2.24, 2.45) is 0 Å². The highest BCUT2D eigenvalue weighted by atomic mass is 32.1. The second-order valence-electron chi connectivity index (χ2n) is 9.01. The first-order valence-electron chi connectivity index (χ1n) is 11.5. The van der Waals surface area contributed by atoms with Gasteiger partial charge in [0.05, 0.1) is 27.3 Å². The number of alkyl halides is 3. The third kappa shape index (κ3) is 3.77. The van der Waals surface area contributed by atoms with Crippen molar-refractivity contribution in [1.29, 1.82) is 0 Å². The molecular formula is C24H18F5N5O3S. The molecule has 0 spiro atoms. The smallest absolute Gasteiger partial charge is 0.438 e. The standard InChI is InChI=1S/C24H18F5N5O3S/c25-13-2-1-10(17-19(13)38-23(30)32-17)16-11-3-6-33-7-4-15-20(37-22(36)24(27,28)29)31-5-8-34(15)21(35)12(18(11)33)9-14(16)26/h1-3,6,9,15,20,31H,4-5,7-8H2,(H2,30,32)/t15-,20?/m1/s1. The Morgan fingerprint density at radius 1 is 1.16 bits per heavy atom. The van der Waals surface area contributed by atoms with Crippen molar-refractivity contribution in [3.63, 3.8) is 0 Å². The highest BCUT2D eigenvalue weighted by Gasteiger charge is 2.46. The van der Waals surface area contributed by atoms with Crippen LogP contribution in [0.4, 0.5) is 27.1 Å². The number of piperazine rings is 1. The Balaban J connectivity index is 1.46. The Bertz CT molecular complexity index is 1630. The lowest BCUT2D eigenvalue weighted by atomic mass is 9.95. The summed E-state index contributed by atoms with van der Waals surface area (Å²) in [5.74, 6) is -4.27. The van der Waals surface area contributed by atoms with Crippen LogP contribution in [0.3, 0.4) is 0 Å². The number of nitrogens with two attached hydrogens (primary N) is 1. The number of carbonyl (C=O) groups is 2. The number of esters is 1. The number of aromatic nitrogens is 2. The first kappa shape index (κ1) is 24.6. The number of rotatable bonds is 2. The molecule has 0 saturated carbocycles. The van der Waals surface area contributed by atoms with Crippen molar-refractivity contribution >= 4 is 49.5 Å². The lowest BCUT2D eigenvalue weighted by Gasteiger charge is -2.42. The summed E-state index contributed by atoms with van der Waals surface area (Å²) in [6.07, 6.45) is -4.78. The monoisotopic (exact) mass is 551 g/mol. The van der Waals surface area contributed by atoms with Crippen molar-refractivity contribution in [1.82, 2.24) is 19.8 Å². The molecule has 4 aromatic rings. The van der Waals surface area contributed by atoms with Crippen LogP contribution in [0.25, 0.3) is 32.2 Å². The van der Waals surface area contributed by atoms with Gasteiger partial charge >= 0.3 is 12.1 Å². The van der Waals surface area contributed by atoms with Crippen molar-refractivity contribution in [2.75, 3.05) is 18.8 Å². The highest BCUT2D eigenvalue weighted by Crippen LogP contribution is 2.41.